The second-order valence-corrected chi connectivity index (χ2v) is 6.32. The quantitative estimate of drug-likeness (QED) is 0.390. The van der Waals surface area contributed by atoms with Gasteiger partial charge in [-0.3, -0.25) is 9.79 Å². The van der Waals surface area contributed by atoms with Crippen LogP contribution in [0.5, 0.6) is 11.5 Å². The van der Waals surface area contributed by atoms with Crippen LogP contribution in [0.25, 0.3) is 0 Å². The zero-order valence-electron chi connectivity index (χ0n) is 14.6. The molecule has 2 aliphatic rings. The summed E-state index contributed by atoms with van der Waals surface area (Å²) >= 11 is 0. The number of rotatable bonds is 7. The fraction of sp³-hybridized carbons (Fsp3) is 0.556. The zero-order valence-corrected chi connectivity index (χ0v) is 14.6. The van der Waals surface area contributed by atoms with E-state index in [-0.39, 0.29) is 12.0 Å². The van der Waals surface area contributed by atoms with Crippen LogP contribution in [0, 0.1) is 0 Å². The molecule has 1 atom stereocenters. The highest BCUT2D eigenvalue weighted by Crippen LogP contribution is 2.30. The van der Waals surface area contributed by atoms with E-state index in [0.29, 0.717) is 38.1 Å². The Balaban J connectivity index is 1.32. The molecule has 7 heteroatoms. The van der Waals surface area contributed by atoms with Crippen LogP contribution in [-0.4, -0.2) is 50.8 Å². The van der Waals surface area contributed by atoms with Gasteiger partial charge in [-0.05, 0) is 31.4 Å². The van der Waals surface area contributed by atoms with Crippen molar-refractivity contribution in [3.8, 4) is 11.5 Å². The minimum atomic E-state index is -0.0715. The van der Waals surface area contributed by atoms with Crippen LogP contribution >= 0.6 is 0 Å². The lowest BCUT2D eigenvalue weighted by Gasteiger charge is -2.27. The Kier molecular flexibility index (Phi) is 5.98. The molecular formula is C18H26N4O3. The van der Waals surface area contributed by atoms with E-state index in [1.807, 2.05) is 24.3 Å². The van der Waals surface area contributed by atoms with E-state index < -0.39 is 0 Å². The standard InChI is InChI=1S/C18H26N4O3/c1-19-18(20-10-4-7-17(23)22-13-8-9-13)21-11-14-12-24-15-5-2-3-6-16(15)25-14/h2-3,5-6,13-14H,4,7-12H2,1H3,(H,22,23)(H2,19,20,21). The number of amides is 1. The van der Waals surface area contributed by atoms with Crippen molar-refractivity contribution in [3.63, 3.8) is 0 Å². The highest BCUT2D eigenvalue weighted by atomic mass is 16.6. The first kappa shape index (κ1) is 17.4. The van der Waals surface area contributed by atoms with E-state index in [0.717, 1.165) is 30.8 Å². The predicted octanol–water partition coefficient (Wildman–Crippen LogP) is 1.05. The SMILES string of the molecule is CN=C(NCCCC(=O)NC1CC1)NCC1COc2ccccc2O1. The summed E-state index contributed by atoms with van der Waals surface area (Å²) in [6, 6.07) is 8.09. The Morgan fingerprint density at radius 2 is 2.04 bits per heavy atom. The van der Waals surface area contributed by atoms with E-state index in [1.165, 1.54) is 0 Å². The fourth-order valence-corrected chi connectivity index (χ4v) is 2.58. The molecule has 0 bridgehead atoms. The molecule has 1 aromatic carbocycles. The van der Waals surface area contributed by atoms with Crippen LogP contribution in [-0.2, 0) is 4.79 Å². The summed E-state index contributed by atoms with van der Waals surface area (Å²) in [6.07, 6.45) is 3.49. The minimum absolute atomic E-state index is 0.0715. The van der Waals surface area contributed by atoms with Crippen molar-refractivity contribution in [3.05, 3.63) is 24.3 Å². The topological polar surface area (TPSA) is 84.0 Å². The van der Waals surface area contributed by atoms with Crippen LogP contribution in [0.1, 0.15) is 25.7 Å². The summed E-state index contributed by atoms with van der Waals surface area (Å²) in [4.78, 5) is 15.8. The second-order valence-electron chi connectivity index (χ2n) is 6.32. The van der Waals surface area contributed by atoms with Crippen molar-refractivity contribution in [1.82, 2.24) is 16.0 Å². The van der Waals surface area contributed by atoms with Gasteiger partial charge < -0.3 is 25.4 Å². The summed E-state index contributed by atoms with van der Waals surface area (Å²) in [5.74, 6) is 2.39. The maximum Gasteiger partial charge on any atom is 0.220 e. The van der Waals surface area contributed by atoms with Gasteiger partial charge in [0, 0.05) is 26.1 Å². The van der Waals surface area contributed by atoms with Crippen LogP contribution in [0.2, 0.25) is 0 Å². The van der Waals surface area contributed by atoms with Crippen molar-refractivity contribution < 1.29 is 14.3 Å². The normalized spacial score (nSPS) is 19.2. The van der Waals surface area contributed by atoms with Crippen LogP contribution in [0.3, 0.4) is 0 Å². The molecule has 0 radical (unpaired) electrons. The molecule has 3 rings (SSSR count). The smallest absolute Gasteiger partial charge is 0.220 e. The van der Waals surface area contributed by atoms with Crippen LogP contribution in [0.4, 0.5) is 0 Å². The summed E-state index contributed by atoms with van der Waals surface area (Å²) < 4.78 is 11.6. The molecule has 3 N–H and O–H groups in total. The molecule has 25 heavy (non-hydrogen) atoms. The van der Waals surface area contributed by atoms with E-state index in [4.69, 9.17) is 9.47 Å². The van der Waals surface area contributed by atoms with Crippen molar-refractivity contribution >= 4 is 11.9 Å². The highest BCUT2D eigenvalue weighted by molar-refractivity contribution is 5.80. The molecule has 0 saturated heterocycles. The molecule has 1 fully saturated rings. The molecule has 1 heterocycles. The molecule has 0 aromatic heterocycles. The van der Waals surface area contributed by atoms with E-state index in [2.05, 4.69) is 20.9 Å². The number of nitrogens with zero attached hydrogens (tertiary/aromatic N) is 1. The molecular weight excluding hydrogens is 320 g/mol. The number of nitrogens with one attached hydrogen (secondary N) is 3. The minimum Gasteiger partial charge on any atom is -0.486 e. The first-order chi connectivity index (χ1) is 12.2. The monoisotopic (exact) mass is 346 g/mol. The Labute approximate surface area is 148 Å². The number of guanidine groups is 1. The summed E-state index contributed by atoms with van der Waals surface area (Å²) in [5.41, 5.74) is 0. The van der Waals surface area contributed by atoms with Crippen molar-refractivity contribution in [2.75, 3.05) is 26.7 Å². The third kappa shape index (κ3) is 5.55. The molecule has 1 saturated carbocycles. The molecule has 7 nitrogen and oxygen atoms in total. The van der Waals surface area contributed by atoms with Gasteiger partial charge in [0.2, 0.25) is 5.91 Å². The van der Waals surface area contributed by atoms with Gasteiger partial charge in [0.1, 0.15) is 12.7 Å². The van der Waals surface area contributed by atoms with Crippen LogP contribution in [0.15, 0.2) is 29.3 Å². The van der Waals surface area contributed by atoms with Gasteiger partial charge in [-0.2, -0.15) is 0 Å². The number of ether oxygens (including phenoxy) is 2. The molecule has 0 spiro atoms. The van der Waals surface area contributed by atoms with Crippen molar-refractivity contribution in [2.45, 2.75) is 37.8 Å². The van der Waals surface area contributed by atoms with Crippen molar-refractivity contribution in [2.24, 2.45) is 4.99 Å². The molecule has 1 aromatic rings. The number of aliphatic imine (C=N–C) groups is 1. The number of para-hydroxylation sites is 2. The maximum absolute atomic E-state index is 11.6. The van der Waals surface area contributed by atoms with Gasteiger partial charge in [-0.25, -0.2) is 0 Å². The highest BCUT2D eigenvalue weighted by Gasteiger charge is 2.23. The molecule has 1 amide bonds. The number of carbonyl (C=O) groups is 1. The largest absolute Gasteiger partial charge is 0.486 e. The Hall–Kier alpha value is -2.44. The number of fused-ring (bicyclic) bond motifs is 1. The van der Waals surface area contributed by atoms with Gasteiger partial charge in [0.15, 0.2) is 17.5 Å². The molecule has 136 valence electrons. The van der Waals surface area contributed by atoms with Gasteiger partial charge in [0.05, 0.1) is 6.54 Å². The molecule has 1 aliphatic carbocycles. The summed E-state index contributed by atoms with van der Waals surface area (Å²) in [7, 11) is 1.72. The van der Waals surface area contributed by atoms with Gasteiger partial charge >= 0.3 is 0 Å². The number of carbonyl (C=O) groups excluding carboxylic acids is 1. The number of benzene rings is 1. The maximum atomic E-state index is 11.6. The van der Waals surface area contributed by atoms with Crippen molar-refractivity contribution in [1.29, 1.82) is 0 Å². The Morgan fingerprint density at radius 1 is 1.24 bits per heavy atom. The van der Waals surface area contributed by atoms with Gasteiger partial charge in [0.25, 0.3) is 0 Å². The number of hydrogen-bond acceptors (Lipinski definition) is 4. The summed E-state index contributed by atoms with van der Waals surface area (Å²) in [6.45, 7) is 1.79. The number of hydrogen-bond donors (Lipinski definition) is 3. The van der Waals surface area contributed by atoms with E-state index in [1.54, 1.807) is 7.05 Å². The lowest BCUT2D eigenvalue weighted by atomic mass is 10.2. The Morgan fingerprint density at radius 3 is 2.80 bits per heavy atom. The second kappa shape index (κ2) is 8.60. The van der Waals surface area contributed by atoms with E-state index >= 15 is 0 Å². The Bertz CT molecular complexity index is 616. The predicted molar refractivity (Wildman–Crippen MR) is 96.1 cm³/mol. The first-order valence-corrected chi connectivity index (χ1v) is 8.87. The lowest BCUT2D eigenvalue weighted by Crippen LogP contribution is -2.45. The average Bonchev–Trinajstić information content (AvgIpc) is 3.45. The third-order valence-electron chi connectivity index (χ3n) is 4.10. The lowest BCUT2D eigenvalue weighted by molar-refractivity contribution is -0.121. The first-order valence-electron chi connectivity index (χ1n) is 8.87. The molecule has 1 aliphatic heterocycles. The zero-order chi connectivity index (χ0) is 17.5. The molecule has 1 unspecified atom stereocenters. The van der Waals surface area contributed by atoms with Crippen LogP contribution < -0.4 is 25.4 Å². The third-order valence-corrected chi connectivity index (χ3v) is 4.10. The fourth-order valence-electron chi connectivity index (χ4n) is 2.58. The van der Waals surface area contributed by atoms with E-state index in [9.17, 15) is 4.79 Å². The summed E-state index contributed by atoms with van der Waals surface area (Å²) in [5, 5.41) is 9.44. The van der Waals surface area contributed by atoms with Gasteiger partial charge in [-0.15, -0.1) is 0 Å². The van der Waals surface area contributed by atoms with Gasteiger partial charge in [-0.1, -0.05) is 12.1 Å². The average molecular weight is 346 g/mol.